The molecule has 1 aromatic heterocycles. The molecule has 0 fully saturated rings. The molecule has 0 aliphatic rings. The molecule has 3 nitrogen and oxygen atoms in total. The molecule has 0 bridgehead atoms. The fourth-order valence-corrected chi connectivity index (χ4v) is 2.53. The maximum absolute atomic E-state index is 9.21. The van der Waals surface area contributed by atoms with Crippen molar-refractivity contribution in [2.24, 2.45) is 7.05 Å². The highest BCUT2D eigenvalue weighted by molar-refractivity contribution is 7.98. The predicted molar refractivity (Wildman–Crippen MR) is 65.9 cm³/mol. The van der Waals surface area contributed by atoms with Crippen LogP contribution in [0.2, 0.25) is 5.02 Å². The van der Waals surface area contributed by atoms with Gasteiger partial charge in [0.15, 0.2) is 0 Å². The third-order valence-corrected chi connectivity index (χ3v) is 3.35. The van der Waals surface area contributed by atoms with Crippen LogP contribution in [0.25, 0.3) is 0 Å². The van der Waals surface area contributed by atoms with Crippen molar-refractivity contribution in [1.82, 2.24) is 9.55 Å². The molecule has 0 atom stereocenters. The van der Waals surface area contributed by atoms with Gasteiger partial charge in [0.2, 0.25) is 5.88 Å². The van der Waals surface area contributed by atoms with Crippen molar-refractivity contribution in [2.45, 2.75) is 10.6 Å². The normalized spacial score (nSPS) is 10.6. The lowest BCUT2D eigenvalue weighted by Gasteiger charge is -2.02. The van der Waals surface area contributed by atoms with Crippen molar-refractivity contribution in [1.29, 1.82) is 0 Å². The van der Waals surface area contributed by atoms with Crippen LogP contribution in [0.1, 0.15) is 5.82 Å². The molecule has 0 amide bonds. The van der Waals surface area contributed by atoms with E-state index in [0.29, 0.717) is 5.75 Å². The maximum Gasteiger partial charge on any atom is 0.229 e. The van der Waals surface area contributed by atoms with Crippen LogP contribution in [0, 0.1) is 0 Å². The number of thioether (sulfide) groups is 1. The van der Waals surface area contributed by atoms with E-state index in [1.54, 1.807) is 18.0 Å². The number of aromatic hydroxyl groups is 1. The fraction of sp³-hybridized carbons (Fsp3) is 0.182. The predicted octanol–water partition coefficient (Wildman–Crippen LogP) is 3.07. The summed E-state index contributed by atoms with van der Waals surface area (Å²) in [5.74, 6) is 1.60. The first-order chi connectivity index (χ1) is 7.65. The van der Waals surface area contributed by atoms with Gasteiger partial charge in [0.05, 0.1) is 11.9 Å². The highest BCUT2D eigenvalue weighted by Gasteiger charge is 2.04. The van der Waals surface area contributed by atoms with Gasteiger partial charge in [0.1, 0.15) is 5.82 Å². The molecule has 84 valence electrons. The number of halogens is 1. The Hall–Kier alpha value is -1.13. The zero-order valence-electron chi connectivity index (χ0n) is 8.72. The number of hydrogen-bond acceptors (Lipinski definition) is 3. The summed E-state index contributed by atoms with van der Waals surface area (Å²) < 4.78 is 1.81. The molecule has 1 aromatic carbocycles. The Morgan fingerprint density at radius 3 is 2.94 bits per heavy atom. The van der Waals surface area contributed by atoms with Crippen LogP contribution in [0.4, 0.5) is 0 Å². The largest absolute Gasteiger partial charge is 0.492 e. The summed E-state index contributed by atoms with van der Waals surface area (Å²) in [4.78, 5) is 5.10. The van der Waals surface area contributed by atoms with Gasteiger partial charge >= 0.3 is 0 Å². The van der Waals surface area contributed by atoms with Crippen LogP contribution in [0.15, 0.2) is 35.4 Å². The summed E-state index contributed by atoms with van der Waals surface area (Å²) in [7, 11) is 1.86. The molecular formula is C11H11ClN2OS. The third-order valence-electron chi connectivity index (χ3n) is 2.12. The Morgan fingerprint density at radius 1 is 1.50 bits per heavy atom. The number of aryl methyl sites for hydroxylation is 1. The average Bonchev–Trinajstić information content (AvgIpc) is 2.54. The number of rotatable bonds is 3. The lowest BCUT2D eigenvalue weighted by molar-refractivity contribution is 0.455. The van der Waals surface area contributed by atoms with Crippen LogP contribution in [0.3, 0.4) is 0 Å². The molecule has 0 saturated heterocycles. The van der Waals surface area contributed by atoms with Gasteiger partial charge in [0, 0.05) is 17.0 Å². The summed E-state index contributed by atoms with van der Waals surface area (Å²) >= 11 is 7.52. The molecule has 0 unspecified atom stereocenters. The summed E-state index contributed by atoms with van der Waals surface area (Å²) in [6.45, 7) is 0. The van der Waals surface area contributed by atoms with Crippen molar-refractivity contribution in [2.75, 3.05) is 0 Å². The summed E-state index contributed by atoms with van der Waals surface area (Å²) in [5, 5.41) is 9.94. The van der Waals surface area contributed by atoms with Gasteiger partial charge in [-0.3, -0.25) is 0 Å². The standard InChI is InChI=1S/C11H11ClN2OS/c1-14-6-11(15)13-10(14)7-16-9-4-2-3-8(12)5-9/h2-6,15H,7H2,1H3. The van der Waals surface area contributed by atoms with Gasteiger partial charge in [-0.05, 0) is 18.2 Å². The maximum atomic E-state index is 9.21. The van der Waals surface area contributed by atoms with Crippen LogP contribution in [-0.4, -0.2) is 14.7 Å². The van der Waals surface area contributed by atoms with E-state index in [4.69, 9.17) is 11.6 Å². The van der Waals surface area contributed by atoms with Crippen molar-refractivity contribution in [3.05, 3.63) is 41.3 Å². The Labute approximate surface area is 103 Å². The molecule has 2 rings (SSSR count). The van der Waals surface area contributed by atoms with E-state index < -0.39 is 0 Å². The zero-order chi connectivity index (χ0) is 11.5. The Bertz CT molecular complexity index is 498. The first-order valence-electron chi connectivity index (χ1n) is 4.75. The smallest absolute Gasteiger partial charge is 0.229 e. The molecule has 0 saturated carbocycles. The topological polar surface area (TPSA) is 38.0 Å². The van der Waals surface area contributed by atoms with Gasteiger partial charge in [0.25, 0.3) is 0 Å². The molecule has 5 heteroatoms. The van der Waals surface area contributed by atoms with E-state index in [1.165, 1.54) is 0 Å². The van der Waals surface area contributed by atoms with E-state index in [1.807, 2.05) is 35.9 Å². The molecule has 2 aromatic rings. The van der Waals surface area contributed by atoms with Gasteiger partial charge in [-0.1, -0.05) is 17.7 Å². The Morgan fingerprint density at radius 2 is 2.31 bits per heavy atom. The van der Waals surface area contributed by atoms with Gasteiger partial charge in [-0.2, -0.15) is 4.98 Å². The molecule has 0 spiro atoms. The lowest BCUT2D eigenvalue weighted by atomic mass is 10.4. The molecule has 1 heterocycles. The van der Waals surface area contributed by atoms with Gasteiger partial charge in [-0.25, -0.2) is 0 Å². The van der Waals surface area contributed by atoms with Crippen molar-refractivity contribution >= 4 is 23.4 Å². The second-order valence-corrected chi connectivity index (χ2v) is 4.86. The molecule has 16 heavy (non-hydrogen) atoms. The first-order valence-corrected chi connectivity index (χ1v) is 6.11. The Balaban J connectivity index is 2.05. The number of benzene rings is 1. The average molecular weight is 255 g/mol. The molecule has 0 aliphatic carbocycles. The van der Waals surface area contributed by atoms with E-state index in [-0.39, 0.29) is 5.88 Å². The first kappa shape index (κ1) is 11.4. The van der Waals surface area contributed by atoms with E-state index in [2.05, 4.69) is 4.98 Å². The molecule has 1 N–H and O–H groups in total. The minimum atomic E-state index is 0.0594. The summed E-state index contributed by atoms with van der Waals surface area (Å²) in [6, 6.07) is 7.67. The van der Waals surface area contributed by atoms with Gasteiger partial charge < -0.3 is 9.67 Å². The molecule has 0 radical (unpaired) electrons. The number of nitrogens with zero attached hydrogens (tertiary/aromatic N) is 2. The van der Waals surface area contributed by atoms with Crippen molar-refractivity contribution in [3.8, 4) is 5.88 Å². The van der Waals surface area contributed by atoms with E-state index >= 15 is 0 Å². The SMILES string of the molecule is Cn1cc(O)nc1CSc1cccc(Cl)c1. The second-order valence-electron chi connectivity index (χ2n) is 3.37. The second kappa shape index (κ2) is 4.80. The zero-order valence-corrected chi connectivity index (χ0v) is 10.3. The monoisotopic (exact) mass is 254 g/mol. The number of imidazole rings is 1. The molecular weight excluding hydrogens is 244 g/mol. The van der Waals surface area contributed by atoms with Crippen LogP contribution in [0.5, 0.6) is 5.88 Å². The fourth-order valence-electron chi connectivity index (χ4n) is 1.33. The highest BCUT2D eigenvalue weighted by atomic mass is 35.5. The van der Waals surface area contributed by atoms with Crippen molar-refractivity contribution < 1.29 is 5.11 Å². The minimum absolute atomic E-state index is 0.0594. The quantitative estimate of drug-likeness (QED) is 0.856. The Kier molecular flexibility index (Phi) is 3.41. The minimum Gasteiger partial charge on any atom is -0.492 e. The van der Waals surface area contributed by atoms with E-state index in [9.17, 15) is 5.11 Å². The number of aromatic nitrogens is 2. The van der Waals surface area contributed by atoms with Crippen molar-refractivity contribution in [3.63, 3.8) is 0 Å². The summed E-state index contributed by atoms with van der Waals surface area (Å²) in [5.41, 5.74) is 0. The van der Waals surface area contributed by atoms with Crippen LogP contribution < -0.4 is 0 Å². The van der Waals surface area contributed by atoms with Gasteiger partial charge in [-0.15, -0.1) is 11.8 Å². The third kappa shape index (κ3) is 2.71. The lowest BCUT2D eigenvalue weighted by Crippen LogP contribution is -1.94. The van der Waals surface area contributed by atoms with Crippen LogP contribution >= 0.6 is 23.4 Å². The number of hydrogen-bond donors (Lipinski definition) is 1. The molecule has 0 aliphatic heterocycles. The van der Waals surface area contributed by atoms with E-state index in [0.717, 1.165) is 15.7 Å². The summed E-state index contributed by atoms with van der Waals surface area (Å²) in [6.07, 6.45) is 1.59. The highest BCUT2D eigenvalue weighted by Crippen LogP contribution is 2.25. The van der Waals surface area contributed by atoms with Crippen LogP contribution in [-0.2, 0) is 12.8 Å².